The van der Waals surface area contributed by atoms with Crippen molar-refractivity contribution in [1.29, 1.82) is 0 Å². The molecule has 2 nitrogen and oxygen atoms in total. The number of nitrogens with one attached hydrogen (secondary N) is 1. The number of rotatable bonds is 2. The van der Waals surface area contributed by atoms with Crippen molar-refractivity contribution in [2.75, 3.05) is 12.5 Å². The lowest BCUT2D eigenvalue weighted by Crippen LogP contribution is -2.23. The van der Waals surface area contributed by atoms with Crippen LogP contribution in [0, 0.1) is 0 Å². The maximum absolute atomic E-state index is 4.00. The van der Waals surface area contributed by atoms with Gasteiger partial charge < -0.3 is 5.43 Å². The smallest absolute Gasteiger partial charge is 0.0802 e. The first-order valence-corrected chi connectivity index (χ1v) is 4.63. The average Bonchev–Trinajstić information content (AvgIpc) is 2.53. The summed E-state index contributed by atoms with van der Waals surface area (Å²) in [6.45, 7) is 7.76. The minimum absolute atomic E-state index is 0.212. The van der Waals surface area contributed by atoms with E-state index < -0.39 is 0 Å². The van der Waals surface area contributed by atoms with Crippen LogP contribution < -0.4 is 5.43 Å². The van der Waals surface area contributed by atoms with Crippen molar-refractivity contribution in [3.8, 4) is 0 Å². The predicted octanol–water partition coefficient (Wildman–Crippen LogP) is 2.74. The van der Waals surface area contributed by atoms with Crippen molar-refractivity contribution in [3.05, 3.63) is 54.6 Å². The van der Waals surface area contributed by atoms with E-state index in [2.05, 4.69) is 35.7 Å². The summed E-state index contributed by atoms with van der Waals surface area (Å²) in [5.74, 6) is 0. The standard InChI is InChI=1S/C12H14N2/c1-4-9(2)12-10-7-5-6-8-11(10)13-14(12)3/h4-8,12-13H,1-2H2,3H3. The highest BCUT2D eigenvalue weighted by atomic mass is 15.5. The molecular formula is C12H14N2. The maximum Gasteiger partial charge on any atom is 0.0802 e. The van der Waals surface area contributed by atoms with E-state index in [0.717, 1.165) is 11.3 Å². The minimum atomic E-state index is 0.212. The molecule has 0 saturated heterocycles. The summed E-state index contributed by atoms with van der Waals surface area (Å²) in [7, 11) is 2.01. The molecule has 2 rings (SSSR count). The van der Waals surface area contributed by atoms with Gasteiger partial charge in [-0.25, -0.2) is 5.01 Å². The summed E-state index contributed by atoms with van der Waals surface area (Å²) in [5, 5.41) is 2.05. The number of hydrogen-bond donors (Lipinski definition) is 1. The summed E-state index contributed by atoms with van der Waals surface area (Å²) in [5.41, 5.74) is 6.73. The summed E-state index contributed by atoms with van der Waals surface area (Å²) >= 11 is 0. The molecule has 1 atom stereocenters. The molecule has 1 aliphatic heterocycles. The molecule has 0 aromatic heterocycles. The molecule has 0 fully saturated rings. The highest BCUT2D eigenvalue weighted by Crippen LogP contribution is 2.37. The highest BCUT2D eigenvalue weighted by Gasteiger charge is 2.27. The summed E-state index contributed by atoms with van der Waals surface area (Å²) in [4.78, 5) is 0. The van der Waals surface area contributed by atoms with Crippen molar-refractivity contribution < 1.29 is 0 Å². The second-order valence-corrected chi connectivity index (χ2v) is 3.49. The molecule has 1 N–H and O–H groups in total. The Morgan fingerprint density at radius 3 is 2.93 bits per heavy atom. The van der Waals surface area contributed by atoms with E-state index in [4.69, 9.17) is 0 Å². The number of anilines is 1. The monoisotopic (exact) mass is 186 g/mol. The maximum atomic E-state index is 4.00. The van der Waals surface area contributed by atoms with Gasteiger partial charge in [0.15, 0.2) is 0 Å². The van der Waals surface area contributed by atoms with Crippen LogP contribution in [0.4, 0.5) is 5.69 Å². The van der Waals surface area contributed by atoms with Gasteiger partial charge in [0.25, 0.3) is 0 Å². The van der Waals surface area contributed by atoms with Crippen molar-refractivity contribution in [1.82, 2.24) is 5.01 Å². The van der Waals surface area contributed by atoms with Crippen LogP contribution in [0.3, 0.4) is 0 Å². The van der Waals surface area contributed by atoms with Crippen LogP contribution in [0.2, 0.25) is 0 Å². The Morgan fingerprint density at radius 2 is 2.21 bits per heavy atom. The second kappa shape index (κ2) is 3.31. The third-order valence-electron chi connectivity index (χ3n) is 2.55. The lowest BCUT2D eigenvalue weighted by Gasteiger charge is -2.20. The van der Waals surface area contributed by atoms with E-state index in [1.807, 2.05) is 25.3 Å². The van der Waals surface area contributed by atoms with Crippen LogP contribution in [0.1, 0.15) is 11.6 Å². The van der Waals surface area contributed by atoms with E-state index in [0.29, 0.717) is 0 Å². The molecular weight excluding hydrogens is 172 g/mol. The van der Waals surface area contributed by atoms with Crippen LogP contribution in [0.5, 0.6) is 0 Å². The van der Waals surface area contributed by atoms with E-state index in [1.54, 1.807) is 0 Å². The van der Waals surface area contributed by atoms with Crippen molar-refractivity contribution in [3.63, 3.8) is 0 Å². The fourth-order valence-electron chi connectivity index (χ4n) is 1.86. The molecule has 1 heterocycles. The fraction of sp³-hybridized carbons (Fsp3) is 0.167. The number of para-hydroxylation sites is 1. The van der Waals surface area contributed by atoms with Crippen LogP contribution >= 0.6 is 0 Å². The summed E-state index contributed by atoms with van der Waals surface area (Å²) in [6, 6.07) is 8.47. The Bertz CT molecular complexity index is 382. The fourth-order valence-corrected chi connectivity index (χ4v) is 1.86. The number of hydrogen-bond acceptors (Lipinski definition) is 2. The van der Waals surface area contributed by atoms with Crippen molar-refractivity contribution in [2.24, 2.45) is 0 Å². The molecule has 1 aliphatic rings. The van der Waals surface area contributed by atoms with Gasteiger partial charge in [0.05, 0.1) is 11.7 Å². The Labute approximate surface area is 84.5 Å². The van der Waals surface area contributed by atoms with Gasteiger partial charge in [-0.3, -0.25) is 0 Å². The average molecular weight is 186 g/mol. The van der Waals surface area contributed by atoms with Gasteiger partial charge >= 0.3 is 0 Å². The van der Waals surface area contributed by atoms with E-state index >= 15 is 0 Å². The minimum Gasteiger partial charge on any atom is -0.318 e. The largest absolute Gasteiger partial charge is 0.318 e. The SMILES string of the molecule is C=CC(=C)C1c2ccccc2NN1C. The molecule has 0 saturated carbocycles. The lowest BCUT2D eigenvalue weighted by molar-refractivity contribution is 0.363. The molecule has 2 heteroatoms. The molecule has 0 amide bonds. The molecule has 72 valence electrons. The Hall–Kier alpha value is -1.54. The number of fused-ring (bicyclic) bond motifs is 1. The Kier molecular flexibility index (Phi) is 2.14. The quantitative estimate of drug-likeness (QED) is 0.714. The first-order chi connectivity index (χ1) is 6.74. The van der Waals surface area contributed by atoms with Gasteiger partial charge in [-0.15, -0.1) is 0 Å². The molecule has 0 spiro atoms. The van der Waals surface area contributed by atoms with Crippen LogP contribution in [0.15, 0.2) is 49.1 Å². The molecule has 0 bridgehead atoms. The third kappa shape index (κ3) is 1.24. The molecule has 0 aliphatic carbocycles. The lowest BCUT2D eigenvalue weighted by atomic mass is 10.00. The molecule has 1 aromatic rings. The van der Waals surface area contributed by atoms with E-state index in [-0.39, 0.29) is 6.04 Å². The topological polar surface area (TPSA) is 15.3 Å². The Morgan fingerprint density at radius 1 is 1.50 bits per heavy atom. The summed E-state index contributed by atoms with van der Waals surface area (Å²) < 4.78 is 0. The molecule has 1 unspecified atom stereocenters. The van der Waals surface area contributed by atoms with Gasteiger partial charge in [0.1, 0.15) is 0 Å². The van der Waals surface area contributed by atoms with Gasteiger partial charge in [-0.05, 0) is 17.2 Å². The number of nitrogens with zero attached hydrogens (tertiary/aromatic N) is 1. The normalized spacial score (nSPS) is 19.9. The zero-order valence-electron chi connectivity index (χ0n) is 8.33. The van der Waals surface area contributed by atoms with Gasteiger partial charge in [0.2, 0.25) is 0 Å². The van der Waals surface area contributed by atoms with Crippen LogP contribution in [-0.4, -0.2) is 12.1 Å². The second-order valence-electron chi connectivity index (χ2n) is 3.49. The predicted molar refractivity (Wildman–Crippen MR) is 59.9 cm³/mol. The van der Waals surface area contributed by atoms with Crippen molar-refractivity contribution >= 4 is 5.69 Å². The van der Waals surface area contributed by atoms with Gasteiger partial charge in [-0.1, -0.05) is 37.4 Å². The number of benzene rings is 1. The van der Waals surface area contributed by atoms with Gasteiger partial charge in [0, 0.05) is 7.05 Å². The number of hydrazine groups is 1. The molecule has 14 heavy (non-hydrogen) atoms. The van der Waals surface area contributed by atoms with Crippen LogP contribution in [-0.2, 0) is 0 Å². The van der Waals surface area contributed by atoms with Gasteiger partial charge in [-0.2, -0.15) is 0 Å². The Balaban J connectivity index is 2.44. The zero-order chi connectivity index (χ0) is 10.1. The van der Waals surface area contributed by atoms with E-state index in [9.17, 15) is 0 Å². The molecule has 1 aromatic carbocycles. The first-order valence-electron chi connectivity index (χ1n) is 4.63. The third-order valence-corrected chi connectivity index (χ3v) is 2.55. The van der Waals surface area contributed by atoms with Crippen molar-refractivity contribution in [2.45, 2.75) is 6.04 Å². The first kappa shape index (κ1) is 9.03. The summed E-state index contributed by atoms with van der Waals surface area (Å²) in [6.07, 6.45) is 1.81. The van der Waals surface area contributed by atoms with E-state index in [1.165, 1.54) is 5.56 Å². The highest BCUT2D eigenvalue weighted by molar-refractivity contribution is 5.58. The van der Waals surface area contributed by atoms with Crippen LogP contribution in [0.25, 0.3) is 0 Å². The number of likely N-dealkylation sites (N-methyl/N-ethyl adjacent to an activating group) is 1. The molecule has 0 radical (unpaired) electrons. The zero-order valence-corrected chi connectivity index (χ0v) is 8.33.